The minimum atomic E-state index is 0.484. The summed E-state index contributed by atoms with van der Waals surface area (Å²) in [4.78, 5) is 4.60. The Balaban J connectivity index is 2.09. The van der Waals surface area contributed by atoms with Gasteiger partial charge in [-0.15, -0.1) is 0 Å². The van der Waals surface area contributed by atoms with Crippen LogP contribution in [0.5, 0.6) is 0 Å². The first-order chi connectivity index (χ1) is 7.40. The Morgan fingerprint density at radius 3 is 3.20 bits per heavy atom. The van der Waals surface area contributed by atoms with Crippen molar-refractivity contribution in [2.75, 3.05) is 25.1 Å². The Hall–Kier alpha value is -1.09. The van der Waals surface area contributed by atoms with Crippen LogP contribution in [0.3, 0.4) is 0 Å². The molecular formula is C12H18N2O. The van der Waals surface area contributed by atoms with Gasteiger partial charge >= 0.3 is 0 Å². The smallest absolute Gasteiger partial charge is 0.126 e. The van der Waals surface area contributed by atoms with Gasteiger partial charge in [0.25, 0.3) is 0 Å². The number of nitrogens with zero attached hydrogens (tertiary/aromatic N) is 1. The quantitative estimate of drug-likeness (QED) is 0.824. The summed E-state index contributed by atoms with van der Waals surface area (Å²) in [6.07, 6.45) is 2.35. The van der Waals surface area contributed by atoms with Crippen molar-refractivity contribution in [2.24, 2.45) is 0 Å². The van der Waals surface area contributed by atoms with E-state index >= 15 is 0 Å². The maximum atomic E-state index is 5.48. The van der Waals surface area contributed by atoms with E-state index in [0.29, 0.717) is 5.92 Å². The minimum Gasteiger partial charge on any atom is -0.381 e. The van der Waals surface area contributed by atoms with Crippen LogP contribution < -0.4 is 5.32 Å². The van der Waals surface area contributed by atoms with Crippen LogP contribution in [-0.2, 0) is 4.74 Å². The molecule has 2 heterocycles. The van der Waals surface area contributed by atoms with Gasteiger partial charge in [-0.1, -0.05) is 6.07 Å². The van der Waals surface area contributed by atoms with E-state index in [-0.39, 0.29) is 0 Å². The molecule has 3 nitrogen and oxygen atoms in total. The van der Waals surface area contributed by atoms with E-state index < -0.39 is 0 Å². The lowest BCUT2D eigenvalue weighted by molar-refractivity contribution is 0.0793. The van der Waals surface area contributed by atoms with Crippen LogP contribution in [0, 0.1) is 0 Å². The molecule has 0 aliphatic carbocycles. The van der Waals surface area contributed by atoms with E-state index in [1.807, 2.05) is 6.07 Å². The Morgan fingerprint density at radius 1 is 1.53 bits per heavy atom. The van der Waals surface area contributed by atoms with Crippen LogP contribution in [0.2, 0.25) is 0 Å². The summed E-state index contributed by atoms with van der Waals surface area (Å²) in [6, 6.07) is 6.17. The van der Waals surface area contributed by atoms with Gasteiger partial charge in [0.2, 0.25) is 0 Å². The van der Waals surface area contributed by atoms with Crippen molar-refractivity contribution in [1.29, 1.82) is 0 Å². The summed E-state index contributed by atoms with van der Waals surface area (Å²) < 4.78 is 5.48. The Morgan fingerprint density at radius 2 is 2.47 bits per heavy atom. The molecule has 0 radical (unpaired) electrons. The van der Waals surface area contributed by atoms with Crippen molar-refractivity contribution in [3.8, 4) is 0 Å². The molecule has 2 rings (SSSR count). The lowest BCUT2D eigenvalue weighted by Gasteiger charge is -2.21. The van der Waals surface area contributed by atoms with Crippen LogP contribution >= 0.6 is 0 Å². The summed E-state index contributed by atoms with van der Waals surface area (Å²) in [5.41, 5.74) is 1.16. The van der Waals surface area contributed by atoms with E-state index in [1.54, 1.807) is 0 Å². The number of ether oxygens (including phenoxy) is 1. The molecule has 1 aromatic rings. The molecule has 1 atom stereocenters. The summed E-state index contributed by atoms with van der Waals surface area (Å²) >= 11 is 0. The average Bonchev–Trinajstić information content (AvgIpc) is 2.31. The molecule has 1 saturated heterocycles. The molecular weight excluding hydrogens is 188 g/mol. The molecule has 1 aliphatic rings. The topological polar surface area (TPSA) is 34.1 Å². The van der Waals surface area contributed by atoms with Gasteiger partial charge in [-0.2, -0.15) is 0 Å². The predicted molar refractivity (Wildman–Crippen MR) is 61.2 cm³/mol. The molecule has 0 amide bonds. The van der Waals surface area contributed by atoms with E-state index in [2.05, 4.69) is 29.4 Å². The van der Waals surface area contributed by atoms with E-state index in [1.165, 1.54) is 6.42 Å². The predicted octanol–water partition coefficient (Wildman–Crippen LogP) is 2.41. The van der Waals surface area contributed by atoms with Gasteiger partial charge in [0.05, 0.1) is 6.61 Å². The lowest BCUT2D eigenvalue weighted by atomic mass is 9.98. The minimum absolute atomic E-state index is 0.484. The number of anilines is 1. The zero-order valence-corrected chi connectivity index (χ0v) is 9.20. The molecule has 82 valence electrons. The van der Waals surface area contributed by atoms with Crippen molar-refractivity contribution >= 4 is 5.82 Å². The van der Waals surface area contributed by atoms with Crippen LogP contribution in [0.25, 0.3) is 0 Å². The first kappa shape index (κ1) is 10.4. The number of hydrogen-bond acceptors (Lipinski definition) is 3. The number of nitrogens with one attached hydrogen (secondary N) is 1. The van der Waals surface area contributed by atoms with Crippen molar-refractivity contribution in [3.05, 3.63) is 23.9 Å². The highest BCUT2D eigenvalue weighted by Crippen LogP contribution is 2.24. The third-order valence-electron chi connectivity index (χ3n) is 2.71. The summed E-state index contributed by atoms with van der Waals surface area (Å²) in [7, 11) is 0. The van der Waals surface area contributed by atoms with Gasteiger partial charge in [-0.05, 0) is 31.9 Å². The van der Waals surface area contributed by atoms with Gasteiger partial charge in [0.15, 0.2) is 0 Å². The van der Waals surface area contributed by atoms with Crippen molar-refractivity contribution in [1.82, 2.24) is 4.98 Å². The highest BCUT2D eigenvalue weighted by Gasteiger charge is 2.17. The van der Waals surface area contributed by atoms with Gasteiger partial charge in [-0.25, -0.2) is 4.98 Å². The van der Waals surface area contributed by atoms with Crippen molar-refractivity contribution in [2.45, 2.75) is 25.7 Å². The first-order valence-corrected chi connectivity index (χ1v) is 5.68. The third-order valence-corrected chi connectivity index (χ3v) is 2.71. The second-order valence-electron chi connectivity index (χ2n) is 3.89. The molecule has 0 bridgehead atoms. The monoisotopic (exact) mass is 206 g/mol. The Bertz CT molecular complexity index is 308. The molecule has 1 aromatic heterocycles. The molecule has 15 heavy (non-hydrogen) atoms. The fraction of sp³-hybridized carbons (Fsp3) is 0.583. The Kier molecular flexibility index (Phi) is 3.56. The summed E-state index contributed by atoms with van der Waals surface area (Å²) in [6.45, 7) is 4.72. The van der Waals surface area contributed by atoms with Gasteiger partial charge in [-0.3, -0.25) is 0 Å². The highest BCUT2D eigenvalue weighted by atomic mass is 16.5. The second-order valence-corrected chi connectivity index (χ2v) is 3.89. The molecule has 0 aromatic carbocycles. The molecule has 0 saturated carbocycles. The van der Waals surface area contributed by atoms with Gasteiger partial charge in [0, 0.05) is 24.8 Å². The number of aromatic nitrogens is 1. The molecule has 1 fully saturated rings. The maximum absolute atomic E-state index is 5.48. The molecule has 3 heteroatoms. The Labute approximate surface area is 90.9 Å². The number of hydrogen-bond donors (Lipinski definition) is 1. The molecule has 1 unspecified atom stereocenters. The van der Waals surface area contributed by atoms with Crippen LogP contribution in [0.1, 0.15) is 31.4 Å². The van der Waals surface area contributed by atoms with Crippen molar-refractivity contribution in [3.63, 3.8) is 0 Å². The first-order valence-electron chi connectivity index (χ1n) is 5.68. The normalized spacial score (nSPS) is 21.3. The van der Waals surface area contributed by atoms with Crippen LogP contribution in [-0.4, -0.2) is 24.7 Å². The van der Waals surface area contributed by atoms with Crippen LogP contribution in [0.15, 0.2) is 18.2 Å². The summed E-state index contributed by atoms with van der Waals surface area (Å²) in [5, 5.41) is 3.24. The molecule has 1 N–H and O–H groups in total. The fourth-order valence-electron chi connectivity index (χ4n) is 1.93. The maximum Gasteiger partial charge on any atom is 0.126 e. The third kappa shape index (κ3) is 2.69. The fourth-order valence-corrected chi connectivity index (χ4v) is 1.93. The molecule has 1 aliphatic heterocycles. The summed E-state index contributed by atoms with van der Waals surface area (Å²) in [5.74, 6) is 1.46. The van der Waals surface area contributed by atoms with Gasteiger partial charge < -0.3 is 10.1 Å². The highest BCUT2D eigenvalue weighted by molar-refractivity contribution is 5.35. The van der Waals surface area contributed by atoms with Gasteiger partial charge in [0.1, 0.15) is 5.82 Å². The number of pyridine rings is 1. The largest absolute Gasteiger partial charge is 0.381 e. The van der Waals surface area contributed by atoms with E-state index in [0.717, 1.165) is 37.7 Å². The van der Waals surface area contributed by atoms with E-state index in [4.69, 9.17) is 4.74 Å². The number of rotatable bonds is 3. The standard InChI is InChI=1S/C12H18N2O/c1-2-13-12-7-3-6-11(14-12)10-5-4-8-15-9-10/h3,6-7,10H,2,4-5,8-9H2,1H3,(H,13,14). The average molecular weight is 206 g/mol. The SMILES string of the molecule is CCNc1cccc(C2CCCOC2)n1. The zero-order chi connectivity index (χ0) is 10.5. The lowest BCUT2D eigenvalue weighted by Crippen LogP contribution is -2.17. The van der Waals surface area contributed by atoms with Crippen LogP contribution in [0.4, 0.5) is 5.82 Å². The second kappa shape index (κ2) is 5.12. The van der Waals surface area contributed by atoms with E-state index in [9.17, 15) is 0 Å². The van der Waals surface area contributed by atoms with Crippen molar-refractivity contribution < 1.29 is 4.74 Å². The zero-order valence-electron chi connectivity index (χ0n) is 9.20. The molecule has 0 spiro atoms.